The second-order valence-corrected chi connectivity index (χ2v) is 7.28. The normalized spacial score (nSPS) is 17.1. The number of hydrogen-bond acceptors (Lipinski definition) is 5. The SMILES string of the molecule is CCNC(=NCCCc1ccc(OC)c(OC)c1)N1CCOC(c2cnn(C)c2)C1. The van der Waals surface area contributed by atoms with E-state index in [0.29, 0.717) is 6.61 Å². The molecular weight excluding hydrogens is 382 g/mol. The van der Waals surface area contributed by atoms with E-state index < -0.39 is 0 Å². The van der Waals surface area contributed by atoms with Gasteiger partial charge in [0.1, 0.15) is 6.10 Å². The number of nitrogens with zero attached hydrogens (tertiary/aromatic N) is 4. The van der Waals surface area contributed by atoms with Crippen LogP contribution in [0, 0.1) is 0 Å². The zero-order valence-corrected chi connectivity index (χ0v) is 18.4. The number of aromatic nitrogens is 2. The number of rotatable bonds is 8. The van der Waals surface area contributed by atoms with Gasteiger partial charge in [0, 0.05) is 38.4 Å². The highest BCUT2D eigenvalue weighted by Gasteiger charge is 2.25. The lowest BCUT2D eigenvalue weighted by Crippen LogP contribution is -2.48. The first kappa shape index (κ1) is 22.0. The molecule has 8 nitrogen and oxygen atoms in total. The minimum atomic E-state index is 0.0167. The molecular formula is C22H33N5O3. The summed E-state index contributed by atoms with van der Waals surface area (Å²) in [6.07, 6.45) is 5.80. The molecule has 1 unspecified atom stereocenters. The summed E-state index contributed by atoms with van der Waals surface area (Å²) < 4.78 is 18.5. The van der Waals surface area contributed by atoms with E-state index in [-0.39, 0.29) is 6.10 Å². The van der Waals surface area contributed by atoms with Crippen LogP contribution in [-0.2, 0) is 18.2 Å². The average molecular weight is 416 g/mol. The molecule has 0 saturated carbocycles. The van der Waals surface area contributed by atoms with Gasteiger partial charge in [0.05, 0.1) is 33.6 Å². The third-order valence-electron chi connectivity index (χ3n) is 5.13. The topological polar surface area (TPSA) is 73.1 Å². The summed E-state index contributed by atoms with van der Waals surface area (Å²) in [5.41, 5.74) is 2.32. The van der Waals surface area contributed by atoms with E-state index in [2.05, 4.69) is 28.3 Å². The van der Waals surface area contributed by atoms with Crippen LogP contribution < -0.4 is 14.8 Å². The molecule has 1 aliphatic heterocycles. The summed E-state index contributed by atoms with van der Waals surface area (Å²) >= 11 is 0. The lowest BCUT2D eigenvalue weighted by atomic mass is 10.1. The molecule has 1 saturated heterocycles. The van der Waals surface area contributed by atoms with Crippen molar-refractivity contribution in [3.05, 3.63) is 41.7 Å². The van der Waals surface area contributed by atoms with Gasteiger partial charge in [-0.2, -0.15) is 5.10 Å². The molecule has 1 fully saturated rings. The zero-order chi connectivity index (χ0) is 21.3. The molecule has 0 spiro atoms. The maximum Gasteiger partial charge on any atom is 0.194 e. The molecule has 164 valence electrons. The van der Waals surface area contributed by atoms with Gasteiger partial charge < -0.3 is 24.4 Å². The van der Waals surface area contributed by atoms with Crippen molar-refractivity contribution >= 4 is 5.96 Å². The smallest absolute Gasteiger partial charge is 0.194 e. The number of nitrogens with one attached hydrogen (secondary N) is 1. The summed E-state index contributed by atoms with van der Waals surface area (Å²) in [7, 11) is 5.24. The number of aryl methyl sites for hydroxylation is 2. The van der Waals surface area contributed by atoms with E-state index in [4.69, 9.17) is 19.2 Å². The largest absolute Gasteiger partial charge is 0.493 e. The second-order valence-electron chi connectivity index (χ2n) is 7.28. The van der Waals surface area contributed by atoms with Crippen LogP contribution in [0.15, 0.2) is 35.6 Å². The van der Waals surface area contributed by atoms with E-state index in [9.17, 15) is 0 Å². The molecule has 1 atom stereocenters. The molecule has 0 radical (unpaired) electrons. The van der Waals surface area contributed by atoms with E-state index in [1.54, 1.807) is 14.2 Å². The van der Waals surface area contributed by atoms with E-state index in [0.717, 1.165) is 62.0 Å². The number of morpholine rings is 1. The predicted molar refractivity (Wildman–Crippen MR) is 117 cm³/mol. The minimum absolute atomic E-state index is 0.0167. The third-order valence-corrected chi connectivity index (χ3v) is 5.13. The molecule has 8 heteroatoms. The molecule has 1 aromatic heterocycles. The first-order valence-corrected chi connectivity index (χ1v) is 10.5. The van der Waals surface area contributed by atoms with Crippen molar-refractivity contribution in [2.75, 3.05) is 47.0 Å². The molecule has 0 amide bonds. The van der Waals surface area contributed by atoms with Crippen molar-refractivity contribution < 1.29 is 14.2 Å². The van der Waals surface area contributed by atoms with Gasteiger partial charge in [0.2, 0.25) is 0 Å². The standard InChI is InChI=1S/C22H33N5O3/c1-5-23-22(27-11-12-30-21(16-27)18-14-25-26(2)15-18)24-10-6-7-17-8-9-19(28-3)20(13-17)29-4/h8-9,13-15,21H,5-7,10-12,16H2,1-4H3,(H,23,24). The maximum absolute atomic E-state index is 5.96. The number of ether oxygens (including phenoxy) is 3. The Balaban J connectivity index is 1.57. The first-order chi connectivity index (χ1) is 14.6. The molecule has 1 aliphatic rings. The van der Waals surface area contributed by atoms with Gasteiger partial charge in [-0.25, -0.2) is 0 Å². The Labute approximate surface area is 178 Å². The fraction of sp³-hybridized carbons (Fsp3) is 0.545. The number of methoxy groups -OCH3 is 2. The van der Waals surface area contributed by atoms with Gasteiger partial charge >= 0.3 is 0 Å². The van der Waals surface area contributed by atoms with E-state index in [1.807, 2.05) is 36.3 Å². The molecule has 30 heavy (non-hydrogen) atoms. The molecule has 2 aromatic rings. The van der Waals surface area contributed by atoms with Crippen LogP contribution in [0.3, 0.4) is 0 Å². The Kier molecular flexibility index (Phi) is 7.96. The summed E-state index contributed by atoms with van der Waals surface area (Å²) in [4.78, 5) is 7.14. The number of guanidine groups is 1. The summed E-state index contributed by atoms with van der Waals surface area (Å²) in [6.45, 7) is 5.97. The maximum atomic E-state index is 5.96. The number of hydrogen-bond donors (Lipinski definition) is 1. The molecule has 2 heterocycles. The highest BCUT2D eigenvalue weighted by Crippen LogP contribution is 2.28. The molecule has 1 N–H and O–H groups in total. The van der Waals surface area contributed by atoms with Crippen molar-refractivity contribution in [1.82, 2.24) is 20.0 Å². The van der Waals surface area contributed by atoms with Gasteiger partial charge in [0.25, 0.3) is 0 Å². The monoisotopic (exact) mass is 415 g/mol. The van der Waals surface area contributed by atoms with Crippen molar-refractivity contribution in [1.29, 1.82) is 0 Å². The fourth-order valence-corrected chi connectivity index (χ4v) is 3.58. The molecule has 1 aromatic carbocycles. The van der Waals surface area contributed by atoms with E-state index >= 15 is 0 Å². The van der Waals surface area contributed by atoms with Crippen LogP contribution in [0.2, 0.25) is 0 Å². The average Bonchev–Trinajstić information content (AvgIpc) is 3.22. The summed E-state index contributed by atoms with van der Waals surface area (Å²) in [5.74, 6) is 2.47. The van der Waals surface area contributed by atoms with Crippen molar-refractivity contribution in [3.8, 4) is 11.5 Å². The van der Waals surface area contributed by atoms with Crippen molar-refractivity contribution in [2.45, 2.75) is 25.9 Å². The fourth-order valence-electron chi connectivity index (χ4n) is 3.58. The van der Waals surface area contributed by atoms with Crippen LogP contribution in [0.5, 0.6) is 11.5 Å². The number of benzene rings is 1. The van der Waals surface area contributed by atoms with Crippen LogP contribution >= 0.6 is 0 Å². The molecule has 3 rings (SSSR count). The van der Waals surface area contributed by atoms with Crippen LogP contribution in [-0.4, -0.2) is 67.6 Å². The summed E-state index contributed by atoms with van der Waals surface area (Å²) in [6, 6.07) is 6.07. The van der Waals surface area contributed by atoms with E-state index in [1.165, 1.54) is 5.56 Å². The van der Waals surface area contributed by atoms with Crippen molar-refractivity contribution in [2.24, 2.45) is 12.0 Å². The van der Waals surface area contributed by atoms with Gasteiger partial charge in [-0.3, -0.25) is 9.67 Å². The molecule has 0 aliphatic carbocycles. The Morgan fingerprint density at radius 2 is 2.13 bits per heavy atom. The Bertz CT molecular complexity index is 836. The highest BCUT2D eigenvalue weighted by molar-refractivity contribution is 5.80. The van der Waals surface area contributed by atoms with Gasteiger partial charge in [-0.15, -0.1) is 0 Å². The third kappa shape index (κ3) is 5.66. The highest BCUT2D eigenvalue weighted by atomic mass is 16.5. The van der Waals surface area contributed by atoms with Gasteiger partial charge in [-0.1, -0.05) is 6.07 Å². The lowest BCUT2D eigenvalue weighted by molar-refractivity contribution is -0.00804. The Hall–Kier alpha value is -2.74. The second kappa shape index (κ2) is 10.9. The quantitative estimate of drug-likeness (QED) is 0.406. The Morgan fingerprint density at radius 3 is 2.83 bits per heavy atom. The Morgan fingerprint density at radius 1 is 1.30 bits per heavy atom. The molecule has 0 bridgehead atoms. The van der Waals surface area contributed by atoms with Crippen LogP contribution in [0.4, 0.5) is 0 Å². The number of aliphatic imine (C=N–C) groups is 1. The lowest BCUT2D eigenvalue weighted by Gasteiger charge is -2.34. The van der Waals surface area contributed by atoms with Crippen LogP contribution in [0.25, 0.3) is 0 Å². The zero-order valence-electron chi connectivity index (χ0n) is 18.4. The summed E-state index contributed by atoms with van der Waals surface area (Å²) in [5, 5.41) is 7.69. The predicted octanol–water partition coefficient (Wildman–Crippen LogP) is 2.41. The van der Waals surface area contributed by atoms with Gasteiger partial charge in [0.15, 0.2) is 17.5 Å². The minimum Gasteiger partial charge on any atom is -0.493 e. The first-order valence-electron chi connectivity index (χ1n) is 10.5. The van der Waals surface area contributed by atoms with Crippen molar-refractivity contribution in [3.63, 3.8) is 0 Å². The van der Waals surface area contributed by atoms with Crippen LogP contribution in [0.1, 0.15) is 30.6 Å². The van der Waals surface area contributed by atoms with Gasteiger partial charge in [-0.05, 0) is 37.5 Å².